The molecule has 18 heavy (non-hydrogen) atoms. The predicted molar refractivity (Wildman–Crippen MR) is 68.1 cm³/mol. The van der Waals surface area contributed by atoms with Crippen molar-refractivity contribution in [2.24, 2.45) is 5.92 Å². The van der Waals surface area contributed by atoms with Crippen LogP contribution >= 0.6 is 0 Å². The van der Waals surface area contributed by atoms with Crippen molar-refractivity contribution in [3.63, 3.8) is 0 Å². The van der Waals surface area contributed by atoms with Crippen LogP contribution in [0.25, 0.3) is 11.5 Å². The second kappa shape index (κ2) is 3.80. The van der Waals surface area contributed by atoms with Crippen LogP contribution in [0, 0.1) is 5.92 Å². The normalized spacial score (nSPS) is 25.3. The van der Waals surface area contributed by atoms with Crippen LogP contribution in [-0.2, 0) is 0 Å². The van der Waals surface area contributed by atoms with Crippen molar-refractivity contribution in [2.45, 2.75) is 25.3 Å². The Balaban J connectivity index is 1.77. The lowest BCUT2D eigenvalue weighted by Crippen LogP contribution is -2.29. The Labute approximate surface area is 105 Å². The molecule has 4 rings (SSSR count). The molecule has 2 aromatic heterocycles. The van der Waals surface area contributed by atoms with E-state index in [1.165, 1.54) is 19.3 Å². The Hall–Kier alpha value is -1.91. The van der Waals surface area contributed by atoms with E-state index in [2.05, 4.69) is 25.1 Å². The van der Waals surface area contributed by atoms with Crippen LogP contribution in [0.2, 0.25) is 0 Å². The summed E-state index contributed by atoms with van der Waals surface area (Å²) in [6.07, 6.45) is 5.61. The first-order valence-corrected chi connectivity index (χ1v) is 6.53. The molecule has 1 aliphatic carbocycles. The van der Waals surface area contributed by atoms with E-state index in [1.807, 2.05) is 18.2 Å². The molecule has 0 radical (unpaired) electrons. The van der Waals surface area contributed by atoms with Crippen molar-refractivity contribution in [3.05, 3.63) is 24.4 Å². The number of hydrogen-bond acceptors (Lipinski definition) is 4. The van der Waals surface area contributed by atoms with E-state index in [9.17, 15) is 0 Å². The number of hydrogen-bond donors (Lipinski definition) is 1. The Morgan fingerprint density at radius 2 is 2.28 bits per heavy atom. The third-order valence-electron chi connectivity index (χ3n) is 3.98. The fourth-order valence-corrected chi connectivity index (χ4v) is 3.08. The average molecular weight is 241 g/mol. The zero-order chi connectivity index (χ0) is 11.9. The Bertz CT molecular complexity index is 562. The number of rotatable bonds is 1. The number of nitrogens with one attached hydrogen (secondary N) is 1. The Kier molecular flexibility index (Phi) is 2.12. The lowest BCUT2D eigenvalue weighted by Gasteiger charge is -2.26. The van der Waals surface area contributed by atoms with Crippen molar-refractivity contribution in [1.82, 2.24) is 19.7 Å². The molecule has 1 saturated carbocycles. The average Bonchev–Trinajstić information content (AvgIpc) is 3.05. The van der Waals surface area contributed by atoms with Gasteiger partial charge >= 0.3 is 0 Å². The topological polar surface area (TPSA) is 55.6 Å². The largest absolute Gasteiger partial charge is 0.354 e. The summed E-state index contributed by atoms with van der Waals surface area (Å²) in [6, 6.07) is 6.36. The molecule has 1 fully saturated rings. The van der Waals surface area contributed by atoms with Gasteiger partial charge in [-0.2, -0.15) is 4.98 Å². The van der Waals surface area contributed by atoms with E-state index >= 15 is 0 Å². The van der Waals surface area contributed by atoms with Gasteiger partial charge in [0.05, 0.1) is 6.04 Å². The zero-order valence-corrected chi connectivity index (χ0v) is 10.1. The highest BCUT2D eigenvalue weighted by atomic mass is 15.4. The molecule has 0 amide bonds. The van der Waals surface area contributed by atoms with E-state index in [0.717, 1.165) is 29.9 Å². The van der Waals surface area contributed by atoms with Gasteiger partial charge < -0.3 is 5.32 Å². The Morgan fingerprint density at radius 1 is 1.28 bits per heavy atom. The lowest BCUT2D eigenvalue weighted by atomic mass is 10.0. The summed E-state index contributed by atoms with van der Waals surface area (Å²) < 4.78 is 2.07. The van der Waals surface area contributed by atoms with Gasteiger partial charge in [-0.15, -0.1) is 5.10 Å². The van der Waals surface area contributed by atoms with Gasteiger partial charge in [0.25, 0.3) is 0 Å². The van der Waals surface area contributed by atoms with Gasteiger partial charge in [0, 0.05) is 12.7 Å². The van der Waals surface area contributed by atoms with E-state index in [-0.39, 0.29) is 0 Å². The maximum Gasteiger partial charge on any atom is 0.222 e. The molecule has 0 aromatic carbocycles. The van der Waals surface area contributed by atoms with Gasteiger partial charge in [0.15, 0.2) is 0 Å². The molecular weight excluding hydrogens is 226 g/mol. The molecule has 2 unspecified atom stereocenters. The second-order valence-corrected chi connectivity index (χ2v) is 5.06. The summed E-state index contributed by atoms with van der Waals surface area (Å²) in [5.74, 6) is 2.35. The molecule has 0 spiro atoms. The van der Waals surface area contributed by atoms with E-state index in [1.54, 1.807) is 6.20 Å². The quantitative estimate of drug-likeness (QED) is 0.830. The van der Waals surface area contributed by atoms with Crippen LogP contribution in [0.3, 0.4) is 0 Å². The smallest absolute Gasteiger partial charge is 0.222 e. The molecule has 2 aliphatic rings. The summed E-state index contributed by atoms with van der Waals surface area (Å²) >= 11 is 0. The van der Waals surface area contributed by atoms with Crippen LogP contribution in [0.15, 0.2) is 24.4 Å². The molecule has 0 bridgehead atoms. The van der Waals surface area contributed by atoms with Crippen LogP contribution in [0.1, 0.15) is 25.3 Å². The molecule has 2 atom stereocenters. The standard InChI is InChI=1S/C13H15N5/c1-2-7-14-10(5-1)12-16-13-15-8-9-4-3-6-11(9)18(13)17-12/h1-2,5,7,9,11H,3-4,6,8H2,(H,15,16,17). The molecular formula is C13H15N5. The van der Waals surface area contributed by atoms with Gasteiger partial charge in [-0.1, -0.05) is 12.5 Å². The number of pyridine rings is 1. The van der Waals surface area contributed by atoms with Gasteiger partial charge in [-0.05, 0) is 30.9 Å². The lowest BCUT2D eigenvalue weighted by molar-refractivity contribution is 0.346. The summed E-state index contributed by atoms with van der Waals surface area (Å²) in [6.45, 7) is 1.03. The molecule has 5 nitrogen and oxygen atoms in total. The highest BCUT2D eigenvalue weighted by Crippen LogP contribution is 2.40. The van der Waals surface area contributed by atoms with Crippen LogP contribution in [0.5, 0.6) is 0 Å². The van der Waals surface area contributed by atoms with Crippen molar-refractivity contribution < 1.29 is 0 Å². The fraction of sp³-hybridized carbons (Fsp3) is 0.462. The van der Waals surface area contributed by atoms with Crippen LogP contribution < -0.4 is 5.32 Å². The summed E-state index contributed by atoms with van der Waals surface area (Å²) in [7, 11) is 0. The number of nitrogens with zero attached hydrogens (tertiary/aromatic N) is 4. The number of fused-ring (bicyclic) bond motifs is 3. The maximum atomic E-state index is 4.64. The van der Waals surface area contributed by atoms with Crippen molar-refractivity contribution in [2.75, 3.05) is 11.9 Å². The minimum atomic E-state index is 0.534. The molecule has 0 saturated heterocycles. The van der Waals surface area contributed by atoms with Crippen molar-refractivity contribution >= 4 is 5.95 Å². The molecule has 1 N–H and O–H groups in total. The number of aromatic nitrogens is 4. The summed E-state index contributed by atoms with van der Waals surface area (Å²) in [5, 5.41) is 8.03. The second-order valence-electron chi connectivity index (χ2n) is 5.06. The first kappa shape index (κ1) is 10.1. The number of anilines is 1. The third-order valence-corrected chi connectivity index (χ3v) is 3.98. The maximum absolute atomic E-state index is 4.64. The van der Waals surface area contributed by atoms with E-state index in [0.29, 0.717) is 6.04 Å². The van der Waals surface area contributed by atoms with Crippen molar-refractivity contribution in [3.8, 4) is 11.5 Å². The highest BCUT2D eigenvalue weighted by Gasteiger charge is 2.35. The van der Waals surface area contributed by atoms with Crippen LogP contribution in [-0.4, -0.2) is 26.3 Å². The molecule has 3 heterocycles. The predicted octanol–water partition coefficient (Wildman–Crippen LogP) is 2.11. The minimum Gasteiger partial charge on any atom is -0.354 e. The van der Waals surface area contributed by atoms with E-state index < -0.39 is 0 Å². The summed E-state index contributed by atoms with van der Waals surface area (Å²) in [5.41, 5.74) is 0.843. The molecule has 2 aromatic rings. The molecule has 1 aliphatic heterocycles. The van der Waals surface area contributed by atoms with Gasteiger partial charge in [0.1, 0.15) is 5.69 Å². The SMILES string of the molecule is c1ccc(-c2nc3n(n2)C2CCCC2CN3)nc1. The van der Waals surface area contributed by atoms with Gasteiger partial charge in [-0.3, -0.25) is 4.98 Å². The van der Waals surface area contributed by atoms with Crippen molar-refractivity contribution in [1.29, 1.82) is 0 Å². The molecule has 5 heteroatoms. The third kappa shape index (κ3) is 1.43. The summed E-state index contributed by atoms with van der Waals surface area (Å²) in [4.78, 5) is 8.87. The molecule has 92 valence electrons. The first-order chi connectivity index (χ1) is 8.92. The zero-order valence-electron chi connectivity index (χ0n) is 10.1. The van der Waals surface area contributed by atoms with Crippen LogP contribution in [0.4, 0.5) is 5.95 Å². The van der Waals surface area contributed by atoms with Gasteiger partial charge in [0.2, 0.25) is 11.8 Å². The fourth-order valence-electron chi connectivity index (χ4n) is 3.08. The van der Waals surface area contributed by atoms with E-state index in [4.69, 9.17) is 0 Å². The van der Waals surface area contributed by atoms with Gasteiger partial charge in [-0.25, -0.2) is 4.68 Å². The highest BCUT2D eigenvalue weighted by molar-refractivity contribution is 5.51. The first-order valence-electron chi connectivity index (χ1n) is 6.53. The Morgan fingerprint density at radius 3 is 3.17 bits per heavy atom. The minimum absolute atomic E-state index is 0.534. The monoisotopic (exact) mass is 241 g/mol.